The van der Waals surface area contributed by atoms with E-state index in [4.69, 9.17) is 0 Å². The summed E-state index contributed by atoms with van der Waals surface area (Å²) in [6, 6.07) is 5.68. The summed E-state index contributed by atoms with van der Waals surface area (Å²) in [7, 11) is 0. The number of nitrogens with zero attached hydrogens (tertiary/aromatic N) is 4. The molecule has 0 unspecified atom stereocenters. The predicted molar refractivity (Wildman–Crippen MR) is 90.6 cm³/mol. The summed E-state index contributed by atoms with van der Waals surface area (Å²) < 4.78 is 53.7. The van der Waals surface area contributed by atoms with Gasteiger partial charge < -0.3 is 0 Å². The van der Waals surface area contributed by atoms with Gasteiger partial charge in [-0.05, 0) is 60.7 Å². The smallest absolute Gasteiger partial charge is 0.292 e. The molecule has 0 N–H and O–H groups in total. The number of hydrogen-bond acceptors (Lipinski definition) is 4. The molecule has 0 bridgehead atoms. The zero-order valence-electron chi connectivity index (χ0n) is 14.5. The van der Waals surface area contributed by atoms with E-state index in [9.17, 15) is 22.4 Å². The van der Waals surface area contributed by atoms with E-state index in [0.717, 1.165) is 18.6 Å². The molecule has 2 aromatic heterocycles. The predicted octanol–water partition coefficient (Wildman–Crippen LogP) is 3.93. The van der Waals surface area contributed by atoms with Gasteiger partial charge in [-0.25, -0.2) is 9.37 Å². The molecule has 0 saturated carbocycles. The van der Waals surface area contributed by atoms with Crippen LogP contribution in [-0.2, 0) is 19.0 Å². The zero-order chi connectivity index (χ0) is 19.9. The minimum Gasteiger partial charge on any atom is -0.292 e. The maximum Gasteiger partial charge on any atom is 0.416 e. The summed E-state index contributed by atoms with van der Waals surface area (Å²) in [4.78, 5) is 16.4. The van der Waals surface area contributed by atoms with Crippen LogP contribution >= 0.6 is 0 Å². The van der Waals surface area contributed by atoms with E-state index in [2.05, 4.69) is 15.3 Å². The molecule has 9 heteroatoms. The van der Waals surface area contributed by atoms with Crippen molar-refractivity contribution in [2.24, 2.45) is 0 Å². The maximum atomic E-state index is 13.6. The Morgan fingerprint density at radius 3 is 2.68 bits per heavy atom. The summed E-state index contributed by atoms with van der Waals surface area (Å²) in [6.07, 6.45) is -1.30. The van der Waals surface area contributed by atoms with Gasteiger partial charge in [0.05, 0.1) is 11.3 Å². The number of Topliss-reactive ketones (excluding diaryl/α,β-unsaturated/α-hetero) is 1. The van der Waals surface area contributed by atoms with Crippen LogP contribution in [0, 0.1) is 5.82 Å². The summed E-state index contributed by atoms with van der Waals surface area (Å²) in [6.45, 7) is 0. The third-order valence-corrected chi connectivity index (χ3v) is 4.54. The fraction of sp³-hybridized carbons (Fsp3) is 0.263. The number of hydrogen-bond donors (Lipinski definition) is 0. The molecule has 4 rings (SSSR count). The highest BCUT2D eigenvalue weighted by Crippen LogP contribution is 2.31. The quantitative estimate of drug-likeness (QED) is 0.636. The summed E-state index contributed by atoms with van der Waals surface area (Å²) in [5.41, 5.74) is 0.759. The van der Waals surface area contributed by atoms with Crippen molar-refractivity contribution in [1.82, 2.24) is 20.0 Å². The summed E-state index contributed by atoms with van der Waals surface area (Å²) in [5, 5.41) is 8.03. The number of carbonyl (C=O) groups is 1. The molecule has 0 amide bonds. The van der Waals surface area contributed by atoms with Crippen molar-refractivity contribution >= 4 is 5.78 Å². The number of benzene rings is 1. The van der Waals surface area contributed by atoms with Crippen LogP contribution < -0.4 is 0 Å². The lowest BCUT2D eigenvalue weighted by Crippen LogP contribution is -2.16. The number of aryl methyl sites for hydroxylation is 1. The Morgan fingerprint density at radius 2 is 1.89 bits per heavy atom. The molecule has 0 aliphatic heterocycles. The maximum absolute atomic E-state index is 13.6. The van der Waals surface area contributed by atoms with E-state index in [1.54, 1.807) is 12.1 Å². The Kier molecular flexibility index (Phi) is 4.44. The fourth-order valence-corrected chi connectivity index (χ4v) is 3.29. The van der Waals surface area contributed by atoms with Crippen LogP contribution in [0.25, 0.3) is 5.82 Å². The first-order chi connectivity index (χ1) is 13.3. The van der Waals surface area contributed by atoms with Crippen molar-refractivity contribution < 1.29 is 22.4 Å². The highest BCUT2D eigenvalue weighted by molar-refractivity contribution is 5.96. The molecule has 1 aliphatic carbocycles. The number of aromatic nitrogens is 4. The SMILES string of the molecule is O=C1CCCc2nnn(-c3cc(Cc4cc(F)cc(C(F)(F)F)c4)ccn3)c21. The van der Waals surface area contributed by atoms with Gasteiger partial charge in [-0.15, -0.1) is 5.10 Å². The van der Waals surface area contributed by atoms with Gasteiger partial charge >= 0.3 is 6.18 Å². The monoisotopic (exact) mass is 390 g/mol. The second-order valence-corrected chi connectivity index (χ2v) is 6.62. The molecule has 0 atom stereocenters. The fourth-order valence-electron chi connectivity index (χ4n) is 3.29. The highest BCUT2D eigenvalue weighted by atomic mass is 19.4. The van der Waals surface area contributed by atoms with Gasteiger partial charge in [-0.2, -0.15) is 17.9 Å². The van der Waals surface area contributed by atoms with Gasteiger partial charge in [0, 0.05) is 12.6 Å². The molecular formula is C19H14F4N4O. The Hall–Kier alpha value is -3.10. The molecule has 1 aliphatic rings. The van der Waals surface area contributed by atoms with Gasteiger partial charge in [-0.1, -0.05) is 5.21 Å². The number of alkyl halides is 3. The Labute approximate surface area is 157 Å². The van der Waals surface area contributed by atoms with Crippen molar-refractivity contribution in [3.63, 3.8) is 0 Å². The molecule has 5 nitrogen and oxygen atoms in total. The Morgan fingerprint density at radius 1 is 1.07 bits per heavy atom. The van der Waals surface area contributed by atoms with Crippen LogP contribution in [0.15, 0.2) is 36.5 Å². The Balaban J connectivity index is 1.67. The second kappa shape index (κ2) is 6.81. The van der Waals surface area contributed by atoms with Crippen molar-refractivity contribution in [1.29, 1.82) is 0 Å². The van der Waals surface area contributed by atoms with Crippen molar-refractivity contribution in [3.05, 3.63) is 70.4 Å². The molecule has 1 aromatic carbocycles. The van der Waals surface area contributed by atoms with Gasteiger partial charge in [0.2, 0.25) is 0 Å². The Bertz CT molecular complexity index is 1060. The van der Waals surface area contributed by atoms with Crippen LogP contribution in [-0.4, -0.2) is 25.8 Å². The average molecular weight is 390 g/mol. The van der Waals surface area contributed by atoms with Crippen molar-refractivity contribution in [2.45, 2.75) is 31.9 Å². The first kappa shape index (κ1) is 18.3. The van der Waals surface area contributed by atoms with E-state index in [0.29, 0.717) is 41.7 Å². The molecule has 144 valence electrons. The summed E-state index contributed by atoms with van der Waals surface area (Å²) >= 11 is 0. The van der Waals surface area contributed by atoms with E-state index < -0.39 is 17.6 Å². The number of rotatable bonds is 3. The van der Waals surface area contributed by atoms with Crippen LogP contribution in [0.3, 0.4) is 0 Å². The number of carbonyl (C=O) groups excluding carboxylic acids is 1. The number of ketones is 1. The number of halogens is 4. The van der Waals surface area contributed by atoms with E-state index in [1.807, 2.05) is 0 Å². The molecule has 0 fully saturated rings. The third-order valence-electron chi connectivity index (χ3n) is 4.54. The van der Waals surface area contributed by atoms with Crippen LogP contribution in [0.1, 0.15) is 45.7 Å². The first-order valence-electron chi connectivity index (χ1n) is 8.61. The molecular weight excluding hydrogens is 376 g/mol. The summed E-state index contributed by atoms with van der Waals surface area (Å²) in [5.74, 6) is -0.678. The van der Waals surface area contributed by atoms with Gasteiger partial charge in [0.25, 0.3) is 0 Å². The minimum absolute atomic E-state index is 0.0706. The largest absolute Gasteiger partial charge is 0.416 e. The lowest BCUT2D eigenvalue weighted by atomic mass is 9.99. The zero-order valence-corrected chi connectivity index (χ0v) is 14.5. The third kappa shape index (κ3) is 3.51. The molecule has 2 heterocycles. The molecule has 0 radical (unpaired) electrons. The normalized spacial score (nSPS) is 14.2. The van der Waals surface area contributed by atoms with Gasteiger partial charge in [0.1, 0.15) is 11.5 Å². The standard InChI is InChI=1S/C19H14F4N4O/c20-14-8-12(7-13(10-14)19(21,22)23)6-11-4-5-24-17(9-11)27-18-15(25-26-27)2-1-3-16(18)28/h4-5,7-10H,1-3,6H2. The average Bonchev–Trinajstić information content (AvgIpc) is 3.06. The molecule has 0 spiro atoms. The lowest BCUT2D eigenvalue weighted by molar-refractivity contribution is -0.137. The first-order valence-corrected chi connectivity index (χ1v) is 8.61. The van der Waals surface area contributed by atoms with Crippen molar-refractivity contribution in [3.8, 4) is 5.82 Å². The van der Waals surface area contributed by atoms with Gasteiger partial charge in [0.15, 0.2) is 11.6 Å². The van der Waals surface area contributed by atoms with Crippen LogP contribution in [0.5, 0.6) is 0 Å². The van der Waals surface area contributed by atoms with E-state index >= 15 is 0 Å². The number of fused-ring (bicyclic) bond motifs is 1. The van der Waals surface area contributed by atoms with Crippen LogP contribution in [0.4, 0.5) is 17.6 Å². The van der Waals surface area contributed by atoms with E-state index in [1.165, 1.54) is 10.9 Å². The minimum atomic E-state index is -4.62. The lowest BCUT2D eigenvalue weighted by Gasteiger charge is -2.12. The van der Waals surface area contributed by atoms with Gasteiger partial charge in [-0.3, -0.25) is 4.79 Å². The molecule has 0 saturated heterocycles. The van der Waals surface area contributed by atoms with Crippen LogP contribution in [0.2, 0.25) is 0 Å². The molecule has 28 heavy (non-hydrogen) atoms. The molecule has 3 aromatic rings. The topological polar surface area (TPSA) is 60.7 Å². The highest BCUT2D eigenvalue weighted by Gasteiger charge is 2.31. The van der Waals surface area contributed by atoms with Crippen molar-refractivity contribution in [2.75, 3.05) is 0 Å². The number of pyridine rings is 1. The van der Waals surface area contributed by atoms with E-state index in [-0.39, 0.29) is 17.8 Å². The second-order valence-electron chi connectivity index (χ2n) is 6.62.